The summed E-state index contributed by atoms with van der Waals surface area (Å²) in [6, 6.07) is 0. The van der Waals surface area contributed by atoms with Gasteiger partial charge in [-0.25, -0.2) is 8.93 Å². The Bertz CT molecular complexity index is 632. The summed E-state index contributed by atoms with van der Waals surface area (Å²) in [5.74, 6) is 0.829. The molecule has 4 heteroatoms. The van der Waals surface area contributed by atoms with Crippen molar-refractivity contribution in [3.63, 3.8) is 0 Å². The number of allylic oxidation sites excluding steroid dienone is 4. The zero-order chi connectivity index (χ0) is 17.5. The molecule has 4 atom stereocenters. The number of aliphatic hydroxyl groups is 1. The molecule has 1 saturated carbocycles. The average Bonchev–Trinajstić information content (AvgIpc) is 2.78. The van der Waals surface area contributed by atoms with Crippen molar-refractivity contribution in [2.24, 2.45) is 17.3 Å². The van der Waals surface area contributed by atoms with Crippen LogP contribution in [0.3, 0.4) is 0 Å². The highest BCUT2D eigenvalue weighted by molar-refractivity contribution is 7.82. The molecule has 0 heterocycles. The summed E-state index contributed by atoms with van der Waals surface area (Å²) in [5.41, 5.74) is 5.97. The first-order valence-electron chi connectivity index (χ1n) is 9.20. The van der Waals surface area contributed by atoms with Gasteiger partial charge in [-0.1, -0.05) is 44.1 Å². The van der Waals surface area contributed by atoms with E-state index in [1.807, 2.05) is 0 Å². The number of nitrogens with one attached hydrogen (secondary N) is 1. The molecule has 24 heavy (non-hydrogen) atoms. The first-order valence-corrected chi connectivity index (χ1v) is 10.8. The number of fused-ring (bicyclic) bond motifs is 3. The summed E-state index contributed by atoms with van der Waals surface area (Å²) in [6.07, 6.45) is 11.1. The lowest BCUT2D eigenvalue weighted by Crippen LogP contribution is -2.33. The second kappa shape index (κ2) is 6.89. The molecule has 3 rings (SSSR count). The zero-order valence-corrected chi connectivity index (χ0v) is 16.2. The molecule has 1 fully saturated rings. The largest absolute Gasteiger partial charge is 0.392 e. The van der Waals surface area contributed by atoms with E-state index < -0.39 is 11.0 Å². The van der Waals surface area contributed by atoms with Gasteiger partial charge in [0, 0.05) is 18.7 Å². The van der Waals surface area contributed by atoms with Gasteiger partial charge in [0.2, 0.25) is 0 Å². The topological polar surface area (TPSA) is 49.3 Å². The molecular weight excluding hydrogens is 318 g/mol. The molecule has 3 nitrogen and oxygen atoms in total. The SMILES string of the molecule is CC(C)C1=C2C3=CC=C(CNS(C)=O)CC(O)C3CCC2(C)CC1. The second-order valence-electron chi connectivity index (χ2n) is 8.25. The molecule has 0 spiro atoms. The fraction of sp³-hybridized carbons (Fsp3) is 0.700. The van der Waals surface area contributed by atoms with Gasteiger partial charge in [-0.2, -0.15) is 0 Å². The van der Waals surface area contributed by atoms with Crippen molar-refractivity contribution in [1.29, 1.82) is 0 Å². The predicted molar refractivity (Wildman–Crippen MR) is 101 cm³/mol. The van der Waals surface area contributed by atoms with E-state index in [2.05, 4.69) is 37.6 Å². The summed E-state index contributed by atoms with van der Waals surface area (Å²) in [7, 11) is -1.02. The minimum atomic E-state index is -1.02. The van der Waals surface area contributed by atoms with Crippen molar-refractivity contribution in [3.05, 3.63) is 34.4 Å². The number of aliphatic hydroxyl groups excluding tert-OH is 1. The Morgan fingerprint density at radius 3 is 2.79 bits per heavy atom. The zero-order valence-electron chi connectivity index (χ0n) is 15.4. The highest BCUT2D eigenvalue weighted by Crippen LogP contribution is 2.57. The van der Waals surface area contributed by atoms with E-state index in [4.69, 9.17) is 0 Å². The van der Waals surface area contributed by atoms with Gasteiger partial charge in [-0.15, -0.1) is 0 Å². The molecule has 0 aromatic carbocycles. The molecule has 2 N–H and O–H groups in total. The van der Waals surface area contributed by atoms with Crippen LogP contribution in [0, 0.1) is 17.3 Å². The van der Waals surface area contributed by atoms with E-state index in [1.54, 1.807) is 17.4 Å². The van der Waals surface area contributed by atoms with Gasteiger partial charge in [0.05, 0.1) is 17.1 Å². The Balaban J connectivity index is 1.98. The van der Waals surface area contributed by atoms with Gasteiger partial charge < -0.3 is 5.11 Å². The Morgan fingerprint density at radius 1 is 1.38 bits per heavy atom. The fourth-order valence-electron chi connectivity index (χ4n) is 4.84. The van der Waals surface area contributed by atoms with Crippen LogP contribution in [0.2, 0.25) is 0 Å². The Kier molecular flexibility index (Phi) is 5.19. The summed E-state index contributed by atoms with van der Waals surface area (Å²) in [6.45, 7) is 7.60. The first-order chi connectivity index (χ1) is 11.3. The van der Waals surface area contributed by atoms with Crippen LogP contribution in [0.25, 0.3) is 0 Å². The van der Waals surface area contributed by atoms with E-state index in [9.17, 15) is 9.32 Å². The molecule has 134 valence electrons. The molecule has 0 saturated heterocycles. The van der Waals surface area contributed by atoms with Crippen molar-refractivity contribution in [2.45, 2.75) is 59.0 Å². The molecule has 0 aromatic rings. The van der Waals surface area contributed by atoms with E-state index in [0.717, 1.165) is 12.0 Å². The minimum Gasteiger partial charge on any atom is -0.392 e. The van der Waals surface area contributed by atoms with Gasteiger partial charge in [0.25, 0.3) is 0 Å². The van der Waals surface area contributed by atoms with Gasteiger partial charge in [-0.3, -0.25) is 0 Å². The highest BCUT2D eigenvalue weighted by atomic mass is 32.2. The van der Waals surface area contributed by atoms with Crippen molar-refractivity contribution in [3.8, 4) is 0 Å². The van der Waals surface area contributed by atoms with E-state index in [1.165, 1.54) is 24.8 Å². The predicted octanol–water partition coefficient (Wildman–Crippen LogP) is 3.65. The van der Waals surface area contributed by atoms with Gasteiger partial charge >= 0.3 is 0 Å². The van der Waals surface area contributed by atoms with Crippen molar-refractivity contribution >= 4 is 11.0 Å². The molecule has 0 amide bonds. The number of rotatable bonds is 4. The van der Waals surface area contributed by atoms with Crippen molar-refractivity contribution < 1.29 is 9.32 Å². The molecule has 3 aliphatic carbocycles. The standard InChI is InChI=1S/C20H31NO2S/c1-13(2)15-7-9-20(3)10-8-16-17(19(15)20)6-5-14(11-18(16)22)12-21-24(4)23/h5-6,13,16,18,21-22H,7-12H2,1-4H3. The van der Waals surface area contributed by atoms with Crippen LogP contribution in [-0.2, 0) is 11.0 Å². The van der Waals surface area contributed by atoms with Gasteiger partial charge in [0.15, 0.2) is 0 Å². The van der Waals surface area contributed by atoms with Crippen LogP contribution in [0.15, 0.2) is 34.4 Å². The maximum Gasteiger partial charge on any atom is 0.0886 e. The lowest BCUT2D eigenvalue weighted by molar-refractivity contribution is 0.104. The molecule has 0 aromatic heterocycles. The Hall–Kier alpha value is -0.710. The smallest absolute Gasteiger partial charge is 0.0886 e. The van der Waals surface area contributed by atoms with E-state index in [-0.39, 0.29) is 12.0 Å². The summed E-state index contributed by atoms with van der Waals surface area (Å²) < 4.78 is 14.3. The molecule has 4 unspecified atom stereocenters. The summed E-state index contributed by atoms with van der Waals surface area (Å²) in [4.78, 5) is 0. The molecule has 0 radical (unpaired) electrons. The number of hydrogen-bond acceptors (Lipinski definition) is 2. The third-order valence-corrected chi connectivity index (χ3v) is 6.75. The third kappa shape index (κ3) is 3.33. The Labute approximate surface area is 148 Å². The first kappa shape index (κ1) is 18.1. The van der Waals surface area contributed by atoms with Crippen LogP contribution in [0.5, 0.6) is 0 Å². The minimum absolute atomic E-state index is 0.251. The maximum absolute atomic E-state index is 11.3. The van der Waals surface area contributed by atoms with Crippen LogP contribution in [0.1, 0.15) is 52.9 Å². The maximum atomic E-state index is 11.3. The quantitative estimate of drug-likeness (QED) is 0.814. The van der Waals surface area contributed by atoms with Crippen LogP contribution in [0.4, 0.5) is 0 Å². The molecular formula is C20H31NO2S. The van der Waals surface area contributed by atoms with Gasteiger partial charge in [-0.05, 0) is 54.6 Å². The van der Waals surface area contributed by atoms with Crippen LogP contribution in [-0.4, -0.2) is 28.2 Å². The lowest BCUT2D eigenvalue weighted by Gasteiger charge is -2.41. The normalized spacial score (nSPS) is 34.4. The summed E-state index contributed by atoms with van der Waals surface area (Å²) in [5, 5.41) is 10.8. The van der Waals surface area contributed by atoms with E-state index >= 15 is 0 Å². The Morgan fingerprint density at radius 2 is 2.12 bits per heavy atom. The van der Waals surface area contributed by atoms with E-state index in [0.29, 0.717) is 24.3 Å². The van der Waals surface area contributed by atoms with Crippen molar-refractivity contribution in [2.75, 3.05) is 12.8 Å². The molecule has 0 aliphatic heterocycles. The number of hydrogen-bond donors (Lipinski definition) is 2. The summed E-state index contributed by atoms with van der Waals surface area (Å²) >= 11 is 0. The monoisotopic (exact) mass is 349 g/mol. The molecule has 0 bridgehead atoms. The molecule has 3 aliphatic rings. The van der Waals surface area contributed by atoms with Crippen LogP contribution >= 0.6 is 0 Å². The average molecular weight is 350 g/mol. The highest BCUT2D eigenvalue weighted by Gasteiger charge is 2.45. The fourth-order valence-corrected chi connectivity index (χ4v) is 5.23. The van der Waals surface area contributed by atoms with Crippen molar-refractivity contribution in [1.82, 2.24) is 4.72 Å². The lowest BCUT2D eigenvalue weighted by atomic mass is 9.64. The van der Waals surface area contributed by atoms with Gasteiger partial charge in [0.1, 0.15) is 0 Å². The third-order valence-electron chi connectivity index (χ3n) is 6.20. The second-order valence-corrected chi connectivity index (χ2v) is 9.45. The van der Waals surface area contributed by atoms with Crippen LogP contribution < -0.4 is 4.72 Å².